The highest BCUT2D eigenvalue weighted by molar-refractivity contribution is 7.11. The van der Waals surface area contributed by atoms with Crippen LogP contribution in [-0.2, 0) is 12.0 Å². The molecule has 19 heavy (non-hydrogen) atoms. The number of thiazole rings is 1. The molecule has 2 atom stereocenters. The Balaban J connectivity index is 2.33. The second kappa shape index (κ2) is 5.90. The van der Waals surface area contributed by atoms with Crippen LogP contribution in [0.3, 0.4) is 0 Å². The fourth-order valence-corrected chi connectivity index (χ4v) is 4.29. The minimum absolute atomic E-state index is 0.101. The Morgan fingerprint density at radius 1 is 1.47 bits per heavy atom. The predicted octanol–water partition coefficient (Wildman–Crippen LogP) is 2.93. The molecule has 0 amide bonds. The van der Waals surface area contributed by atoms with Crippen LogP contribution < -0.4 is 5.32 Å². The SMILES string of the molecule is CCNC1(c2nc(CC)c(C)s2)CCN(C)C(C)C1. The molecule has 1 N–H and O–H groups in total. The fraction of sp³-hybridized carbons (Fsp3) is 0.800. The largest absolute Gasteiger partial charge is 0.306 e. The molecular weight excluding hydrogens is 254 g/mol. The quantitative estimate of drug-likeness (QED) is 0.920. The van der Waals surface area contributed by atoms with Crippen LogP contribution in [0.5, 0.6) is 0 Å². The number of hydrogen-bond acceptors (Lipinski definition) is 4. The van der Waals surface area contributed by atoms with Crippen LogP contribution in [0.25, 0.3) is 0 Å². The summed E-state index contributed by atoms with van der Waals surface area (Å²) in [6, 6.07) is 0.613. The molecule has 108 valence electrons. The highest BCUT2D eigenvalue weighted by Crippen LogP contribution is 2.38. The zero-order chi connectivity index (χ0) is 14.0. The fourth-order valence-electron chi connectivity index (χ4n) is 3.08. The molecule has 1 saturated heterocycles. The molecule has 0 aliphatic carbocycles. The lowest BCUT2D eigenvalue weighted by Gasteiger charge is -2.43. The van der Waals surface area contributed by atoms with Gasteiger partial charge in [-0.2, -0.15) is 0 Å². The van der Waals surface area contributed by atoms with E-state index < -0.39 is 0 Å². The molecule has 0 bridgehead atoms. The van der Waals surface area contributed by atoms with E-state index >= 15 is 0 Å². The maximum absolute atomic E-state index is 4.94. The third-order valence-corrected chi connectivity index (χ3v) is 5.66. The average molecular weight is 281 g/mol. The van der Waals surface area contributed by atoms with E-state index in [4.69, 9.17) is 4.98 Å². The summed E-state index contributed by atoms with van der Waals surface area (Å²) in [4.78, 5) is 8.79. The second-order valence-corrected chi connectivity index (χ2v) is 6.97. The first-order valence-corrected chi connectivity index (χ1v) is 8.26. The monoisotopic (exact) mass is 281 g/mol. The van der Waals surface area contributed by atoms with Gasteiger partial charge in [0, 0.05) is 17.5 Å². The van der Waals surface area contributed by atoms with Crippen LogP contribution >= 0.6 is 11.3 Å². The Bertz CT molecular complexity index is 429. The van der Waals surface area contributed by atoms with Crippen LogP contribution in [-0.4, -0.2) is 36.1 Å². The summed E-state index contributed by atoms with van der Waals surface area (Å²) >= 11 is 1.90. The molecule has 2 rings (SSSR count). The molecule has 1 fully saturated rings. The molecule has 1 aromatic rings. The van der Waals surface area contributed by atoms with Crippen molar-refractivity contribution in [1.82, 2.24) is 15.2 Å². The summed E-state index contributed by atoms with van der Waals surface area (Å²) in [6.45, 7) is 11.1. The van der Waals surface area contributed by atoms with Gasteiger partial charge in [-0.15, -0.1) is 11.3 Å². The van der Waals surface area contributed by atoms with E-state index in [0.29, 0.717) is 6.04 Å². The minimum atomic E-state index is 0.101. The Hall–Kier alpha value is -0.450. The smallest absolute Gasteiger partial charge is 0.113 e. The number of nitrogens with one attached hydrogen (secondary N) is 1. The molecule has 0 aromatic carbocycles. The number of aromatic nitrogens is 1. The van der Waals surface area contributed by atoms with Crippen LogP contribution in [0.2, 0.25) is 0 Å². The van der Waals surface area contributed by atoms with Gasteiger partial charge in [-0.3, -0.25) is 0 Å². The molecule has 1 aliphatic heterocycles. The minimum Gasteiger partial charge on any atom is -0.306 e. The van der Waals surface area contributed by atoms with Gasteiger partial charge in [0.2, 0.25) is 0 Å². The van der Waals surface area contributed by atoms with Crippen LogP contribution in [0.15, 0.2) is 0 Å². The summed E-state index contributed by atoms with van der Waals surface area (Å²) in [7, 11) is 2.23. The Morgan fingerprint density at radius 2 is 2.21 bits per heavy atom. The van der Waals surface area contributed by atoms with Crippen LogP contribution in [0.1, 0.15) is 49.2 Å². The molecular formula is C15H27N3S. The number of nitrogens with zero attached hydrogens (tertiary/aromatic N) is 2. The Kier molecular flexibility index (Phi) is 4.64. The van der Waals surface area contributed by atoms with Crippen molar-refractivity contribution in [2.24, 2.45) is 0 Å². The van der Waals surface area contributed by atoms with Crippen molar-refractivity contribution in [1.29, 1.82) is 0 Å². The van der Waals surface area contributed by atoms with Gasteiger partial charge >= 0.3 is 0 Å². The molecule has 0 saturated carbocycles. The van der Waals surface area contributed by atoms with Crippen molar-refractivity contribution in [3.05, 3.63) is 15.6 Å². The molecule has 2 unspecified atom stereocenters. The standard InChI is InChI=1S/C15H27N3S/c1-6-13-12(4)19-14(17-13)15(16-7-2)8-9-18(5)11(3)10-15/h11,16H,6-10H2,1-5H3. The van der Waals surface area contributed by atoms with E-state index in [0.717, 1.165) is 32.4 Å². The lowest BCUT2D eigenvalue weighted by atomic mass is 9.84. The van der Waals surface area contributed by atoms with Gasteiger partial charge in [-0.05, 0) is 46.7 Å². The first kappa shape index (κ1) is 14.9. The van der Waals surface area contributed by atoms with Gasteiger partial charge in [0.25, 0.3) is 0 Å². The highest BCUT2D eigenvalue weighted by Gasteiger charge is 2.40. The van der Waals surface area contributed by atoms with Crippen molar-refractivity contribution in [2.75, 3.05) is 20.1 Å². The van der Waals surface area contributed by atoms with E-state index in [1.54, 1.807) is 0 Å². The van der Waals surface area contributed by atoms with Gasteiger partial charge < -0.3 is 10.2 Å². The molecule has 0 spiro atoms. The third kappa shape index (κ3) is 2.86. The molecule has 1 aliphatic rings. The molecule has 2 heterocycles. The average Bonchev–Trinajstić information content (AvgIpc) is 2.76. The van der Waals surface area contributed by atoms with Gasteiger partial charge in [0.15, 0.2) is 0 Å². The highest BCUT2D eigenvalue weighted by atomic mass is 32.1. The lowest BCUT2D eigenvalue weighted by molar-refractivity contribution is 0.107. The summed E-state index contributed by atoms with van der Waals surface area (Å²) in [5, 5.41) is 5.06. The summed E-state index contributed by atoms with van der Waals surface area (Å²) in [5.74, 6) is 0. The van der Waals surface area contributed by atoms with Crippen molar-refractivity contribution in [3.8, 4) is 0 Å². The van der Waals surface area contributed by atoms with Crippen molar-refractivity contribution in [2.45, 2.75) is 58.5 Å². The number of hydrogen-bond donors (Lipinski definition) is 1. The maximum atomic E-state index is 4.94. The summed E-state index contributed by atoms with van der Waals surface area (Å²) in [6.07, 6.45) is 3.37. The van der Waals surface area contributed by atoms with Gasteiger partial charge in [-0.1, -0.05) is 13.8 Å². The Morgan fingerprint density at radius 3 is 2.74 bits per heavy atom. The first-order chi connectivity index (χ1) is 9.02. The zero-order valence-electron chi connectivity index (χ0n) is 12.9. The molecule has 4 heteroatoms. The van der Waals surface area contributed by atoms with Gasteiger partial charge in [-0.25, -0.2) is 4.98 Å². The zero-order valence-corrected chi connectivity index (χ0v) is 13.7. The van der Waals surface area contributed by atoms with E-state index in [-0.39, 0.29) is 5.54 Å². The van der Waals surface area contributed by atoms with Gasteiger partial charge in [0.1, 0.15) is 5.01 Å². The first-order valence-electron chi connectivity index (χ1n) is 7.44. The number of likely N-dealkylation sites (tertiary alicyclic amines) is 1. The topological polar surface area (TPSA) is 28.2 Å². The van der Waals surface area contributed by atoms with Gasteiger partial charge in [0.05, 0.1) is 11.2 Å². The Labute approximate surface area is 121 Å². The van der Waals surface area contributed by atoms with Crippen molar-refractivity contribution >= 4 is 11.3 Å². The molecule has 1 aromatic heterocycles. The van der Waals surface area contributed by atoms with Crippen molar-refractivity contribution < 1.29 is 0 Å². The summed E-state index contributed by atoms with van der Waals surface area (Å²) in [5.41, 5.74) is 1.38. The second-order valence-electron chi connectivity index (χ2n) is 5.77. The normalized spacial score (nSPS) is 28.8. The number of rotatable bonds is 4. The lowest BCUT2D eigenvalue weighted by Crippen LogP contribution is -2.53. The predicted molar refractivity (Wildman–Crippen MR) is 82.9 cm³/mol. The molecule has 3 nitrogen and oxygen atoms in total. The number of piperidine rings is 1. The maximum Gasteiger partial charge on any atom is 0.113 e. The van der Waals surface area contributed by atoms with E-state index in [2.05, 4.69) is 45.0 Å². The van der Waals surface area contributed by atoms with Crippen molar-refractivity contribution in [3.63, 3.8) is 0 Å². The van der Waals surface area contributed by atoms with E-state index in [1.807, 2.05) is 11.3 Å². The van der Waals surface area contributed by atoms with Crippen LogP contribution in [0.4, 0.5) is 0 Å². The number of aryl methyl sites for hydroxylation is 2. The van der Waals surface area contributed by atoms with E-state index in [1.165, 1.54) is 15.6 Å². The van der Waals surface area contributed by atoms with E-state index in [9.17, 15) is 0 Å². The summed E-state index contributed by atoms with van der Waals surface area (Å²) < 4.78 is 0. The molecule has 0 radical (unpaired) electrons. The van der Waals surface area contributed by atoms with Crippen LogP contribution in [0, 0.1) is 6.92 Å². The third-order valence-electron chi connectivity index (χ3n) is 4.44.